The van der Waals surface area contributed by atoms with Crippen molar-refractivity contribution in [2.24, 2.45) is 0 Å². The normalized spacial score (nSPS) is 10.6. The van der Waals surface area contributed by atoms with Crippen LogP contribution in [0.5, 0.6) is 17.2 Å². The summed E-state index contributed by atoms with van der Waals surface area (Å²) in [5.41, 5.74) is 0.271. The van der Waals surface area contributed by atoms with Gasteiger partial charge in [0, 0.05) is 18.2 Å². The van der Waals surface area contributed by atoms with Gasteiger partial charge in [-0.15, -0.1) is 0 Å². The second-order valence-electron chi connectivity index (χ2n) is 4.76. The molecule has 0 atom stereocenters. The highest BCUT2D eigenvalue weighted by molar-refractivity contribution is 6.00. The number of Topliss-reactive ketones (excluding diaryl/α,β-unsaturated/α-hetero) is 1. The lowest BCUT2D eigenvalue weighted by molar-refractivity contribution is 0.0912. The molecule has 23 heavy (non-hydrogen) atoms. The third kappa shape index (κ3) is 3.56. The van der Waals surface area contributed by atoms with Gasteiger partial charge in [0.1, 0.15) is 17.3 Å². The molecule has 0 radical (unpaired) electrons. The quantitative estimate of drug-likeness (QED) is 0.827. The van der Waals surface area contributed by atoms with Gasteiger partial charge in [-0.2, -0.15) is 0 Å². The number of aryl methyl sites for hydroxylation is 1. The first-order chi connectivity index (χ1) is 10.8. The summed E-state index contributed by atoms with van der Waals surface area (Å²) in [4.78, 5) is 12.0. The molecule has 4 nitrogen and oxygen atoms in total. The highest BCUT2D eigenvalue weighted by atomic mass is 19.1. The number of benzene rings is 2. The summed E-state index contributed by atoms with van der Waals surface area (Å²) in [6.07, 6.45) is 0.411. The van der Waals surface area contributed by atoms with E-state index in [1.54, 1.807) is 6.92 Å². The molecule has 0 aliphatic rings. The van der Waals surface area contributed by atoms with Gasteiger partial charge in [-0.3, -0.25) is 4.79 Å². The zero-order valence-corrected chi connectivity index (χ0v) is 12.1. The Morgan fingerprint density at radius 3 is 2.22 bits per heavy atom. The average Bonchev–Trinajstić information content (AvgIpc) is 2.46. The first-order valence-electron chi connectivity index (χ1n) is 6.68. The lowest BCUT2D eigenvalue weighted by atomic mass is 10.0. The average molecular weight is 326 g/mol. The molecule has 0 spiro atoms. The second-order valence-corrected chi connectivity index (χ2v) is 4.76. The zero-order valence-electron chi connectivity index (χ0n) is 12.1. The van der Waals surface area contributed by atoms with Crippen molar-refractivity contribution in [3.05, 3.63) is 52.8 Å². The Morgan fingerprint density at radius 1 is 1.04 bits per heavy atom. The summed E-state index contributed by atoms with van der Waals surface area (Å²) in [6.45, 7) is 0.973. The van der Waals surface area contributed by atoms with E-state index < -0.39 is 41.3 Å². The molecule has 2 N–H and O–H groups in total. The largest absolute Gasteiger partial charge is 0.508 e. The lowest BCUT2D eigenvalue weighted by Gasteiger charge is -2.10. The molecule has 0 aliphatic heterocycles. The third-order valence-corrected chi connectivity index (χ3v) is 3.19. The van der Waals surface area contributed by atoms with E-state index in [-0.39, 0.29) is 11.3 Å². The van der Waals surface area contributed by atoms with E-state index in [0.29, 0.717) is 24.1 Å². The van der Waals surface area contributed by atoms with Gasteiger partial charge in [0.05, 0.1) is 5.56 Å². The minimum absolute atomic E-state index is 0.150. The third-order valence-electron chi connectivity index (χ3n) is 3.19. The number of ketones is 1. The molecule has 0 unspecified atom stereocenters. The Kier molecular flexibility index (Phi) is 4.78. The topological polar surface area (TPSA) is 66.8 Å². The van der Waals surface area contributed by atoms with Gasteiger partial charge in [-0.05, 0) is 18.1 Å². The van der Waals surface area contributed by atoms with Crippen LogP contribution in [0.2, 0.25) is 0 Å². The Balaban J connectivity index is 2.21. The van der Waals surface area contributed by atoms with Crippen molar-refractivity contribution in [3.63, 3.8) is 0 Å². The Morgan fingerprint density at radius 2 is 1.65 bits per heavy atom. The number of carbonyl (C=O) groups excluding carboxylic acids is 1. The van der Waals surface area contributed by atoms with E-state index in [0.717, 1.165) is 6.07 Å². The molecule has 0 fully saturated rings. The number of hydrogen-bond acceptors (Lipinski definition) is 4. The Bertz CT molecular complexity index is 736. The highest BCUT2D eigenvalue weighted by Gasteiger charge is 2.18. The first-order valence-corrected chi connectivity index (χ1v) is 6.68. The maximum absolute atomic E-state index is 13.4. The number of aromatic hydroxyl groups is 2. The number of phenolic OH excluding ortho intramolecular Hbond substituents is 2. The SMILES string of the molecule is CCc1cc(C(=O)COc2c(F)cc(F)cc2F)c(O)cc1O. The Hall–Kier alpha value is -2.70. The molecule has 122 valence electrons. The van der Waals surface area contributed by atoms with Crippen LogP contribution in [0.15, 0.2) is 24.3 Å². The summed E-state index contributed by atoms with van der Waals surface area (Å²) in [7, 11) is 0. The maximum Gasteiger partial charge on any atom is 0.203 e. The molecule has 2 aromatic rings. The number of carbonyl (C=O) groups is 1. The van der Waals surface area contributed by atoms with Gasteiger partial charge in [0.2, 0.25) is 5.78 Å². The molecule has 0 aliphatic carbocycles. The highest BCUT2D eigenvalue weighted by Crippen LogP contribution is 2.29. The van der Waals surface area contributed by atoms with E-state index >= 15 is 0 Å². The van der Waals surface area contributed by atoms with Crippen molar-refractivity contribution in [1.29, 1.82) is 0 Å². The van der Waals surface area contributed by atoms with E-state index in [1.165, 1.54) is 6.07 Å². The fraction of sp³-hybridized carbons (Fsp3) is 0.188. The number of halogens is 3. The van der Waals surface area contributed by atoms with Crippen LogP contribution in [0, 0.1) is 17.5 Å². The second kappa shape index (κ2) is 6.60. The maximum atomic E-state index is 13.4. The van der Waals surface area contributed by atoms with Crippen LogP contribution in [0.25, 0.3) is 0 Å². The fourth-order valence-corrected chi connectivity index (χ4v) is 2.01. The molecule has 0 heterocycles. The van der Waals surface area contributed by atoms with Crippen molar-refractivity contribution >= 4 is 5.78 Å². The van der Waals surface area contributed by atoms with Gasteiger partial charge in [-0.25, -0.2) is 13.2 Å². The van der Waals surface area contributed by atoms with Gasteiger partial charge in [0.25, 0.3) is 0 Å². The number of ether oxygens (including phenoxy) is 1. The van der Waals surface area contributed by atoms with Crippen molar-refractivity contribution in [1.82, 2.24) is 0 Å². The van der Waals surface area contributed by atoms with Crippen molar-refractivity contribution in [2.45, 2.75) is 13.3 Å². The summed E-state index contributed by atoms with van der Waals surface area (Å²) in [5.74, 6) is -5.94. The van der Waals surface area contributed by atoms with Gasteiger partial charge < -0.3 is 14.9 Å². The first kappa shape index (κ1) is 16.7. The molecular formula is C16H13F3O4. The van der Waals surface area contributed by atoms with Crippen molar-refractivity contribution in [2.75, 3.05) is 6.61 Å². The van der Waals surface area contributed by atoms with E-state index in [1.807, 2.05) is 0 Å². The van der Waals surface area contributed by atoms with Gasteiger partial charge in [-0.1, -0.05) is 6.92 Å². The summed E-state index contributed by atoms with van der Waals surface area (Å²) in [5, 5.41) is 19.3. The minimum atomic E-state index is -1.28. The van der Waals surface area contributed by atoms with E-state index in [2.05, 4.69) is 0 Å². The predicted molar refractivity (Wildman–Crippen MR) is 75.3 cm³/mol. The lowest BCUT2D eigenvalue weighted by Crippen LogP contribution is -2.14. The van der Waals surface area contributed by atoms with Crippen molar-refractivity contribution in [3.8, 4) is 17.2 Å². The van der Waals surface area contributed by atoms with E-state index in [4.69, 9.17) is 4.74 Å². The summed E-state index contributed by atoms with van der Waals surface area (Å²) in [6, 6.07) is 3.13. The van der Waals surface area contributed by atoms with Crippen LogP contribution in [-0.2, 0) is 6.42 Å². The molecule has 0 saturated heterocycles. The summed E-state index contributed by atoms with van der Waals surface area (Å²) < 4.78 is 44.4. The molecule has 0 aromatic heterocycles. The summed E-state index contributed by atoms with van der Waals surface area (Å²) >= 11 is 0. The number of rotatable bonds is 5. The van der Waals surface area contributed by atoms with Crippen LogP contribution >= 0.6 is 0 Å². The predicted octanol–water partition coefficient (Wildman–Crippen LogP) is 3.34. The molecule has 7 heteroatoms. The molecule has 2 aromatic carbocycles. The van der Waals surface area contributed by atoms with Crippen LogP contribution in [0.1, 0.15) is 22.8 Å². The number of phenols is 2. The van der Waals surface area contributed by atoms with Crippen LogP contribution < -0.4 is 4.74 Å². The molecular weight excluding hydrogens is 313 g/mol. The van der Waals surface area contributed by atoms with Crippen molar-refractivity contribution < 1.29 is 32.9 Å². The van der Waals surface area contributed by atoms with Crippen LogP contribution in [-0.4, -0.2) is 22.6 Å². The van der Waals surface area contributed by atoms with Gasteiger partial charge in [0.15, 0.2) is 24.0 Å². The van der Waals surface area contributed by atoms with Gasteiger partial charge >= 0.3 is 0 Å². The zero-order chi connectivity index (χ0) is 17.1. The smallest absolute Gasteiger partial charge is 0.203 e. The molecule has 0 saturated carbocycles. The fourth-order valence-electron chi connectivity index (χ4n) is 2.01. The van der Waals surface area contributed by atoms with Crippen LogP contribution in [0.4, 0.5) is 13.2 Å². The monoisotopic (exact) mass is 326 g/mol. The number of hydrogen-bond donors (Lipinski definition) is 2. The molecule has 2 rings (SSSR count). The standard InChI is InChI=1S/C16H13F3O4/c1-2-8-3-10(14(21)6-13(8)20)15(22)7-23-16-11(18)4-9(17)5-12(16)19/h3-6,20-21H,2,7H2,1H3. The van der Waals surface area contributed by atoms with E-state index in [9.17, 15) is 28.2 Å². The molecule has 0 bridgehead atoms. The minimum Gasteiger partial charge on any atom is -0.508 e. The van der Waals surface area contributed by atoms with Crippen LogP contribution in [0.3, 0.4) is 0 Å². The Labute approximate surface area is 129 Å². The molecule has 0 amide bonds.